The van der Waals surface area contributed by atoms with Crippen molar-refractivity contribution in [1.82, 2.24) is 4.90 Å². The van der Waals surface area contributed by atoms with Crippen molar-refractivity contribution >= 4 is 29.4 Å². The van der Waals surface area contributed by atoms with Crippen LogP contribution in [0.5, 0.6) is 0 Å². The summed E-state index contributed by atoms with van der Waals surface area (Å²) >= 11 is 1.36. The third-order valence-corrected chi connectivity index (χ3v) is 4.07. The van der Waals surface area contributed by atoms with Crippen LogP contribution in [0.2, 0.25) is 0 Å². The quantitative estimate of drug-likeness (QED) is 0.845. The number of methoxy groups -OCH3 is 1. The molecule has 0 aliphatic carbocycles. The molecule has 0 radical (unpaired) electrons. The summed E-state index contributed by atoms with van der Waals surface area (Å²) in [6.45, 7) is 0. The van der Waals surface area contributed by atoms with Crippen molar-refractivity contribution < 1.29 is 27.5 Å². The number of carbonyl (C=O) groups is 2. The predicted octanol–water partition coefficient (Wildman–Crippen LogP) is 2.79. The number of amides is 2. The van der Waals surface area contributed by atoms with Crippen molar-refractivity contribution in [3.63, 3.8) is 0 Å². The largest absolute Gasteiger partial charge is 0.467 e. The highest BCUT2D eigenvalue weighted by atomic mass is 32.2. The molecular formula is C13H13F3N2O3S. The molecule has 1 aliphatic heterocycles. The minimum absolute atomic E-state index is 0.0142. The van der Waals surface area contributed by atoms with E-state index in [1.807, 2.05) is 0 Å². The molecule has 1 saturated heterocycles. The van der Waals surface area contributed by atoms with Gasteiger partial charge in [-0.15, -0.1) is 11.8 Å². The lowest BCUT2D eigenvalue weighted by Gasteiger charge is -2.22. The van der Waals surface area contributed by atoms with E-state index in [0.29, 0.717) is 5.75 Å². The van der Waals surface area contributed by atoms with Gasteiger partial charge >= 0.3 is 18.2 Å². The van der Waals surface area contributed by atoms with E-state index < -0.39 is 29.8 Å². The van der Waals surface area contributed by atoms with Gasteiger partial charge in [-0.1, -0.05) is 6.07 Å². The molecule has 1 N–H and O–H groups in total. The SMILES string of the molecule is COC(=O)[C@@H]1CSCN1C(=O)Nc1cccc(C(F)(F)F)c1. The van der Waals surface area contributed by atoms with Crippen molar-refractivity contribution in [2.45, 2.75) is 12.2 Å². The zero-order valence-electron chi connectivity index (χ0n) is 11.5. The summed E-state index contributed by atoms with van der Waals surface area (Å²) in [6.07, 6.45) is -4.49. The fraction of sp³-hybridized carbons (Fsp3) is 0.385. The Kier molecular flexibility index (Phi) is 4.84. The summed E-state index contributed by atoms with van der Waals surface area (Å²) in [5.74, 6) is 0.108. The van der Waals surface area contributed by atoms with Crippen LogP contribution in [0, 0.1) is 0 Å². The molecule has 0 aromatic heterocycles. The number of nitrogens with zero attached hydrogens (tertiary/aromatic N) is 1. The molecule has 1 aromatic carbocycles. The number of anilines is 1. The van der Waals surface area contributed by atoms with E-state index in [-0.39, 0.29) is 11.6 Å². The summed E-state index contributed by atoms with van der Waals surface area (Å²) < 4.78 is 42.5. The van der Waals surface area contributed by atoms with Gasteiger partial charge in [0, 0.05) is 11.4 Å². The molecule has 1 aliphatic rings. The van der Waals surface area contributed by atoms with Gasteiger partial charge in [0.15, 0.2) is 0 Å². The molecule has 0 bridgehead atoms. The van der Waals surface area contributed by atoms with Crippen LogP contribution in [0.25, 0.3) is 0 Å². The van der Waals surface area contributed by atoms with Crippen molar-refractivity contribution in [3.05, 3.63) is 29.8 Å². The Morgan fingerprint density at radius 1 is 1.41 bits per heavy atom. The lowest BCUT2D eigenvalue weighted by molar-refractivity contribution is -0.144. The van der Waals surface area contributed by atoms with Crippen molar-refractivity contribution in [1.29, 1.82) is 0 Å². The van der Waals surface area contributed by atoms with Gasteiger partial charge in [-0.2, -0.15) is 13.2 Å². The van der Waals surface area contributed by atoms with E-state index in [0.717, 1.165) is 12.1 Å². The highest BCUT2D eigenvalue weighted by Gasteiger charge is 2.36. The molecule has 1 atom stereocenters. The fourth-order valence-corrected chi connectivity index (χ4v) is 3.08. The zero-order valence-corrected chi connectivity index (χ0v) is 12.3. The minimum atomic E-state index is -4.49. The molecule has 5 nitrogen and oxygen atoms in total. The second kappa shape index (κ2) is 6.47. The number of halogens is 3. The standard InChI is InChI=1S/C13H13F3N2O3S/c1-21-11(19)10-6-22-7-18(10)12(20)17-9-4-2-3-8(5-9)13(14,15)16/h2-5,10H,6-7H2,1H3,(H,17,20)/t10-/m0/s1. The molecule has 0 saturated carbocycles. The molecule has 2 rings (SSSR count). The number of hydrogen-bond acceptors (Lipinski definition) is 4. The topological polar surface area (TPSA) is 58.6 Å². The predicted molar refractivity (Wildman–Crippen MR) is 75.4 cm³/mol. The summed E-state index contributed by atoms with van der Waals surface area (Å²) in [5.41, 5.74) is -0.842. The smallest absolute Gasteiger partial charge is 0.416 e. The molecule has 22 heavy (non-hydrogen) atoms. The van der Waals surface area contributed by atoms with Crippen LogP contribution in [0.3, 0.4) is 0 Å². The lowest BCUT2D eigenvalue weighted by Crippen LogP contribution is -2.44. The summed E-state index contributed by atoms with van der Waals surface area (Å²) in [5, 5.41) is 2.37. The average molecular weight is 334 g/mol. The first kappa shape index (κ1) is 16.5. The Bertz CT molecular complexity index is 580. The number of carbonyl (C=O) groups excluding carboxylic acids is 2. The number of esters is 1. The van der Waals surface area contributed by atoms with Crippen LogP contribution in [0.1, 0.15) is 5.56 Å². The molecule has 0 unspecified atom stereocenters. The summed E-state index contributed by atoms with van der Waals surface area (Å²) in [7, 11) is 1.22. The fourth-order valence-electron chi connectivity index (χ4n) is 1.94. The highest BCUT2D eigenvalue weighted by Crippen LogP contribution is 2.31. The second-order valence-corrected chi connectivity index (χ2v) is 5.52. The van der Waals surface area contributed by atoms with Crippen LogP contribution >= 0.6 is 11.8 Å². The minimum Gasteiger partial charge on any atom is -0.467 e. The Morgan fingerprint density at radius 2 is 2.14 bits per heavy atom. The van der Waals surface area contributed by atoms with Gasteiger partial charge in [-0.3, -0.25) is 0 Å². The second-order valence-electron chi connectivity index (χ2n) is 4.52. The monoisotopic (exact) mass is 334 g/mol. The van der Waals surface area contributed by atoms with Crippen molar-refractivity contribution in [2.75, 3.05) is 24.1 Å². The van der Waals surface area contributed by atoms with Gasteiger partial charge < -0.3 is 15.0 Å². The zero-order chi connectivity index (χ0) is 16.3. The maximum absolute atomic E-state index is 12.6. The Morgan fingerprint density at radius 3 is 2.77 bits per heavy atom. The van der Waals surface area contributed by atoms with Crippen LogP contribution in [0.4, 0.5) is 23.7 Å². The third kappa shape index (κ3) is 3.65. The van der Waals surface area contributed by atoms with E-state index in [1.54, 1.807) is 0 Å². The Labute approximate surface area is 128 Å². The van der Waals surface area contributed by atoms with Gasteiger partial charge in [0.05, 0.1) is 18.6 Å². The average Bonchev–Trinajstić information content (AvgIpc) is 2.95. The molecule has 120 valence electrons. The van der Waals surface area contributed by atoms with Gasteiger partial charge in [-0.05, 0) is 18.2 Å². The van der Waals surface area contributed by atoms with Gasteiger partial charge in [-0.25, -0.2) is 9.59 Å². The number of nitrogens with one attached hydrogen (secondary N) is 1. The number of hydrogen-bond donors (Lipinski definition) is 1. The van der Waals surface area contributed by atoms with Crippen molar-refractivity contribution in [3.8, 4) is 0 Å². The van der Waals surface area contributed by atoms with Crippen LogP contribution < -0.4 is 5.32 Å². The van der Waals surface area contributed by atoms with Gasteiger partial charge in [0.25, 0.3) is 0 Å². The van der Waals surface area contributed by atoms with E-state index in [1.165, 1.54) is 35.9 Å². The van der Waals surface area contributed by atoms with Crippen LogP contribution in [-0.2, 0) is 15.7 Å². The van der Waals surface area contributed by atoms with E-state index in [4.69, 9.17) is 0 Å². The molecule has 0 spiro atoms. The lowest BCUT2D eigenvalue weighted by atomic mass is 10.2. The normalized spacial score (nSPS) is 18.2. The summed E-state index contributed by atoms with van der Waals surface area (Å²) in [6, 6.07) is 2.94. The number of urea groups is 1. The Balaban J connectivity index is 2.10. The number of benzene rings is 1. The van der Waals surface area contributed by atoms with Crippen molar-refractivity contribution in [2.24, 2.45) is 0 Å². The van der Waals surface area contributed by atoms with E-state index in [2.05, 4.69) is 10.1 Å². The Hall–Kier alpha value is -1.90. The first-order chi connectivity index (χ1) is 10.3. The number of rotatable bonds is 2. The van der Waals surface area contributed by atoms with Gasteiger partial charge in [0.1, 0.15) is 6.04 Å². The number of ether oxygens (including phenoxy) is 1. The van der Waals surface area contributed by atoms with Gasteiger partial charge in [0.2, 0.25) is 0 Å². The molecular weight excluding hydrogens is 321 g/mol. The number of alkyl halides is 3. The first-order valence-corrected chi connectivity index (χ1v) is 7.39. The van der Waals surface area contributed by atoms with Crippen LogP contribution in [0.15, 0.2) is 24.3 Å². The third-order valence-electron chi connectivity index (χ3n) is 3.06. The molecule has 9 heteroatoms. The molecule has 1 heterocycles. The highest BCUT2D eigenvalue weighted by molar-refractivity contribution is 7.99. The molecule has 2 amide bonds. The maximum Gasteiger partial charge on any atom is 0.416 e. The molecule has 1 aromatic rings. The maximum atomic E-state index is 12.6. The van der Waals surface area contributed by atoms with E-state index in [9.17, 15) is 22.8 Å². The number of thioether (sulfide) groups is 1. The summed E-state index contributed by atoms with van der Waals surface area (Å²) in [4.78, 5) is 24.9. The van der Waals surface area contributed by atoms with E-state index >= 15 is 0 Å². The first-order valence-electron chi connectivity index (χ1n) is 6.23. The molecule has 1 fully saturated rings. The van der Waals surface area contributed by atoms with Crippen LogP contribution in [-0.4, -0.2) is 41.7 Å².